The number of nitrogens with one attached hydrogen (secondary N) is 2. The number of carboxylic acids is 1. The summed E-state index contributed by atoms with van der Waals surface area (Å²) in [5, 5.41) is 15.6. The van der Waals surface area contributed by atoms with Crippen LogP contribution in [0.15, 0.2) is 72.8 Å². The van der Waals surface area contributed by atoms with E-state index in [4.69, 9.17) is 0 Å². The predicted molar refractivity (Wildman–Crippen MR) is 133 cm³/mol. The number of rotatable bonds is 11. The number of amides is 1. The van der Waals surface area contributed by atoms with Gasteiger partial charge in [-0.1, -0.05) is 48.5 Å². The van der Waals surface area contributed by atoms with E-state index >= 15 is 0 Å². The monoisotopic (exact) mass is 445 g/mol. The van der Waals surface area contributed by atoms with Gasteiger partial charge < -0.3 is 20.6 Å². The molecule has 0 aromatic heterocycles. The molecule has 0 aliphatic carbocycles. The smallest absolute Gasteiger partial charge is 0.337 e. The summed E-state index contributed by atoms with van der Waals surface area (Å²) in [7, 11) is 3.75. The second kappa shape index (κ2) is 11.8. The highest BCUT2D eigenvalue weighted by molar-refractivity contribution is 5.95. The highest BCUT2D eigenvalue weighted by atomic mass is 16.4. The molecule has 0 bridgehead atoms. The van der Waals surface area contributed by atoms with Crippen LogP contribution in [-0.4, -0.2) is 49.1 Å². The molecule has 6 heteroatoms. The second-order valence-corrected chi connectivity index (χ2v) is 8.03. The lowest BCUT2D eigenvalue weighted by Crippen LogP contribution is -2.29. The molecule has 33 heavy (non-hydrogen) atoms. The Labute approximate surface area is 195 Å². The normalized spacial score (nSPS) is 10.6. The van der Waals surface area contributed by atoms with E-state index in [-0.39, 0.29) is 11.5 Å². The quantitative estimate of drug-likeness (QED) is 0.370. The fraction of sp³-hybridized carbons (Fsp3) is 0.259. The Kier molecular flexibility index (Phi) is 8.61. The molecule has 1 amide bonds. The lowest BCUT2D eigenvalue weighted by molar-refractivity contribution is -0.129. The zero-order chi connectivity index (χ0) is 23.6. The highest BCUT2D eigenvalue weighted by Gasteiger charge is 2.10. The third kappa shape index (κ3) is 6.92. The van der Waals surface area contributed by atoms with Gasteiger partial charge in [0.05, 0.1) is 11.3 Å². The Morgan fingerprint density at radius 1 is 0.939 bits per heavy atom. The summed E-state index contributed by atoms with van der Waals surface area (Å²) in [6.45, 7) is 1.54. The number of para-hydroxylation sites is 1. The van der Waals surface area contributed by atoms with Crippen LogP contribution in [0.5, 0.6) is 0 Å². The molecule has 0 unspecified atom stereocenters. The molecular formula is C27H31N3O3. The average Bonchev–Trinajstić information content (AvgIpc) is 2.83. The average molecular weight is 446 g/mol. The van der Waals surface area contributed by atoms with E-state index in [1.165, 1.54) is 5.56 Å². The van der Waals surface area contributed by atoms with Gasteiger partial charge in [-0.15, -0.1) is 0 Å². The van der Waals surface area contributed by atoms with E-state index in [1.54, 1.807) is 23.1 Å². The molecule has 0 atom stereocenters. The van der Waals surface area contributed by atoms with Crippen molar-refractivity contribution < 1.29 is 14.7 Å². The summed E-state index contributed by atoms with van der Waals surface area (Å²) < 4.78 is 0. The summed E-state index contributed by atoms with van der Waals surface area (Å²) in [5.74, 6) is -0.786. The summed E-state index contributed by atoms with van der Waals surface area (Å²) in [6, 6.07) is 23.1. The Morgan fingerprint density at radius 2 is 1.70 bits per heavy atom. The van der Waals surface area contributed by atoms with Gasteiger partial charge in [-0.2, -0.15) is 0 Å². The van der Waals surface area contributed by atoms with Crippen LogP contribution in [0.2, 0.25) is 0 Å². The Balaban J connectivity index is 1.62. The zero-order valence-corrected chi connectivity index (χ0v) is 19.2. The number of anilines is 2. The molecule has 0 aliphatic heterocycles. The van der Waals surface area contributed by atoms with E-state index in [9.17, 15) is 14.7 Å². The van der Waals surface area contributed by atoms with Gasteiger partial charge >= 0.3 is 5.97 Å². The summed E-state index contributed by atoms with van der Waals surface area (Å²) >= 11 is 0. The minimum Gasteiger partial charge on any atom is -0.478 e. The van der Waals surface area contributed by atoms with Crippen LogP contribution in [0.3, 0.4) is 0 Å². The van der Waals surface area contributed by atoms with Crippen LogP contribution in [0.1, 0.15) is 28.8 Å². The molecule has 0 fully saturated rings. The molecule has 3 aromatic rings. The van der Waals surface area contributed by atoms with E-state index in [0.29, 0.717) is 18.7 Å². The lowest BCUT2D eigenvalue weighted by Gasteiger charge is -2.17. The van der Waals surface area contributed by atoms with Crippen molar-refractivity contribution in [3.8, 4) is 11.1 Å². The molecule has 3 aromatic carbocycles. The molecule has 172 valence electrons. The molecule has 3 N–H and O–H groups in total. The SMILES string of the molecule is CNCCCC(=O)N(C)CCc1cccc(-c2ccc(Nc3ccccc3C(=O)O)cc2)c1. The van der Waals surface area contributed by atoms with Gasteiger partial charge in [0.2, 0.25) is 5.91 Å². The van der Waals surface area contributed by atoms with E-state index in [2.05, 4.69) is 28.8 Å². The number of carbonyl (C=O) groups excluding carboxylic acids is 1. The molecule has 6 nitrogen and oxygen atoms in total. The number of likely N-dealkylation sites (N-methyl/N-ethyl adjacent to an activating group) is 1. The van der Waals surface area contributed by atoms with Crippen LogP contribution in [0.4, 0.5) is 11.4 Å². The van der Waals surface area contributed by atoms with E-state index < -0.39 is 5.97 Å². The summed E-state index contributed by atoms with van der Waals surface area (Å²) in [6.07, 6.45) is 2.21. The molecule has 0 spiro atoms. The third-order valence-corrected chi connectivity index (χ3v) is 5.56. The number of aromatic carboxylic acids is 1. The van der Waals surface area contributed by atoms with Crippen LogP contribution >= 0.6 is 0 Å². The molecule has 0 aliphatic rings. The van der Waals surface area contributed by atoms with Crippen LogP contribution in [0, 0.1) is 0 Å². The Morgan fingerprint density at radius 3 is 2.42 bits per heavy atom. The lowest BCUT2D eigenvalue weighted by atomic mass is 10.0. The largest absolute Gasteiger partial charge is 0.478 e. The number of carbonyl (C=O) groups is 2. The Hall–Kier alpha value is -3.64. The van der Waals surface area contributed by atoms with Crippen LogP contribution < -0.4 is 10.6 Å². The van der Waals surface area contributed by atoms with Crippen molar-refractivity contribution >= 4 is 23.3 Å². The van der Waals surface area contributed by atoms with Gasteiger partial charge in [0.1, 0.15) is 0 Å². The van der Waals surface area contributed by atoms with Crippen molar-refractivity contribution in [2.45, 2.75) is 19.3 Å². The Bertz CT molecular complexity index is 1080. The number of hydrogen-bond donors (Lipinski definition) is 3. The summed E-state index contributed by atoms with van der Waals surface area (Å²) in [5.41, 5.74) is 4.98. The fourth-order valence-corrected chi connectivity index (χ4v) is 3.62. The number of carboxylic acid groups (broad SMARTS) is 1. The number of hydrogen-bond acceptors (Lipinski definition) is 4. The van der Waals surface area contributed by atoms with Crippen LogP contribution in [0.25, 0.3) is 11.1 Å². The molecule has 0 radical (unpaired) electrons. The van der Waals surface area contributed by atoms with Crippen molar-refractivity contribution in [1.82, 2.24) is 10.2 Å². The van der Waals surface area contributed by atoms with Crippen molar-refractivity contribution in [1.29, 1.82) is 0 Å². The van der Waals surface area contributed by atoms with E-state index in [1.807, 2.05) is 50.5 Å². The maximum absolute atomic E-state index is 12.2. The van der Waals surface area contributed by atoms with Crippen molar-refractivity contribution in [3.05, 3.63) is 83.9 Å². The first-order valence-electron chi connectivity index (χ1n) is 11.1. The first-order valence-corrected chi connectivity index (χ1v) is 11.1. The molecule has 0 heterocycles. The highest BCUT2D eigenvalue weighted by Crippen LogP contribution is 2.25. The number of nitrogens with zero attached hydrogens (tertiary/aromatic N) is 1. The first kappa shape index (κ1) is 24.0. The standard InChI is InChI=1S/C27H31N3O3/c1-28-17-6-11-26(31)30(2)18-16-20-7-5-8-22(19-20)21-12-14-23(15-13-21)29-25-10-4-3-9-24(25)27(32)33/h3-5,7-10,12-15,19,28-29H,6,11,16-18H2,1-2H3,(H,32,33). The zero-order valence-electron chi connectivity index (χ0n) is 19.2. The van der Waals surface area contributed by atoms with Crippen LogP contribution in [-0.2, 0) is 11.2 Å². The molecule has 3 rings (SSSR count). The van der Waals surface area contributed by atoms with E-state index in [0.717, 1.165) is 36.2 Å². The molecular weight excluding hydrogens is 414 g/mol. The maximum Gasteiger partial charge on any atom is 0.337 e. The molecule has 0 saturated heterocycles. The minimum absolute atomic E-state index is 0.175. The summed E-state index contributed by atoms with van der Waals surface area (Å²) in [4.78, 5) is 25.4. The van der Waals surface area contributed by atoms with Gasteiger partial charge in [-0.25, -0.2) is 4.79 Å². The van der Waals surface area contributed by atoms with Gasteiger partial charge in [-0.3, -0.25) is 4.79 Å². The molecule has 0 saturated carbocycles. The predicted octanol–water partition coefficient (Wildman–Crippen LogP) is 4.80. The van der Waals surface area contributed by atoms with Crippen molar-refractivity contribution in [2.24, 2.45) is 0 Å². The minimum atomic E-state index is -0.961. The number of benzene rings is 3. The van der Waals surface area contributed by atoms with Gasteiger partial charge in [-0.05, 0) is 67.4 Å². The van der Waals surface area contributed by atoms with Gasteiger partial charge in [0.15, 0.2) is 0 Å². The third-order valence-electron chi connectivity index (χ3n) is 5.56. The van der Waals surface area contributed by atoms with Crippen molar-refractivity contribution in [2.75, 3.05) is 32.5 Å². The van der Waals surface area contributed by atoms with Gasteiger partial charge in [0.25, 0.3) is 0 Å². The van der Waals surface area contributed by atoms with Gasteiger partial charge in [0, 0.05) is 25.7 Å². The second-order valence-electron chi connectivity index (χ2n) is 8.03. The fourth-order valence-electron chi connectivity index (χ4n) is 3.62. The van der Waals surface area contributed by atoms with Crippen molar-refractivity contribution in [3.63, 3.8) is 0 Å². The topological polar surface area (TPSA) is 81.7 Å². The maximum atomic E-state index is 12.2. The first-order chi connectivity index (χ1) is 16.0.